The van der Waals surface area contributed by atoms with Crippen LogP contribution in [0, 0.1) is 0 Å². The van der Waals surface area contributed by atoms with Gasteiger partial charge in [0.1, 0.15) is 12.4 Å². The maximum absolute atomic E-state index is 11.0. The molecule has 1 aromatic heterocycles. The van der Waals surface area contributed by atoms with Crippen LogP contribution < -0.4 is 4.74 Å². The monoisotopic (exact) mass is 443 g/mol. The van der Waals surface area contributed by atoms with Crippen LogP contribution in [0.25, 0.3) is 0 Å². The van der Waals surface area contributed by atoms with Crippen molar-refractivity contribution in [1.29, 1.82) is 0 Å². The van der Waals surface area contributed by atoms with Crippen molar-refractivity contribution in [2.75, 3.05) is 46.9 Å². The number of rotatable bonds is 7. The topological polar surface area (TPSA) is 39.2 Å². The van der Waals surface area contributed by atoms with Crippen molar-refractivity contribution < 1.29 is 9.84 Å². The van der Waals surface area contributed by atoms with Gasteiger partial charge in [-0.05, 0) is 81.7 Å². The highest BCUT2D eigenvalue weighted by Crippen LogP contribution is 2.30. The van der Waals surface area contributed by atoms with Crippen LogP contribution in [-0.4, -0.2) is 66.7 Å². The molecule has 2 aromatic rings. The molecule has 0 radical (unpaired) electrons. The Kier molecular flexibility index (Phi) is 7.34. The van der Waals surface area contributed by atoms with Gasteiger partial charge in [0, 0.05) is 43.2 Å². The summed E-state index contributed by atoms with van der Waals surface area (Å²) < 4.78 is 6.03. The Balaban J connectivity index is 1.42. The Morgan fingerprint density at radius 2 is 1.87 bits per heavy atom. The molecule has 170 valence electrons. The van der Waals surface area contributed by atoms with Crippen molar-refractivity contribution in [3.05, 3.63) is 51.2 Å². The zero-order valence-electron chi connectivity index (χ0n) is 19.3. The van der Waals surface area contributed by atoms with E-state index in [1.54, 1.807) is 0 Å². The number of hydrogen-bond acceptors (Lipinski definition) is 6. The summed E-state index contributed by atoms with van der Waals surface area (Å²) in [7, 11) is 3.98. The van der Waals surface area contributed by atoms with Crippen LogP contribution in [0.1, 0.15) is 47.8 Å². The molecule has 1 atom stereocenters. The normalized spacial score (nSPS) is 20.2. The molecule has 0 amide bonds. The first-order valence-electron chi connectivity index (χ1n) is 11.5. The smallest absolute Gasteiger partial charge is 0.123 e. The first kappa shape index (κ1) is 22.7. The van der Waals surface area contributed by atoms with Gasteiger partial charge in [-0.15, -0.1) is 11.3 Å². The van der Waals surface area contributed by atoms with E-state index in [0.717, 1.165) is 37.5 Å². The highest BCUT2D eigenvalue weighted by atomic mass is 32.1. The number of hydrogen-bond donors (Lipinski definition) is 1. The highest BCUT2D eigenvalue weighted by molar-refractivity contribution is 7.10. The quantitative estimate of drug-likeness (QED) is 0.703. The summed E-state index contributed by atoms with van der Waals surface area (Å²) in [5.41, 5.74) is 2.69. The summed E-state index contributed by atoms with van der Waals surface area (Å²) in [5, 5.41) is 13.3. The summed E-state index contributed by atoms with van der Waals surface area (Å²) in [6.07, 6.45) is 4.07. The highest BCUT2D eigenvalue weighted by Gasteiger charge is 2.26. The second-order valence-electron chi connectivity index (χ2n) is 9.65. The number of piperidine rings is 1. The molecular formula is C25H37N3O2S. The number of likely N-dealkylation sites (N-methyl/N-ethyl adjacent to an activating group) is 1. The van der Waals surface area contributed by atoms with Gasteiger partial charge in [0.2, 0.25) is 0 Å². The molecule has 1 fully saturated rings. The third-order valence-electron chi connectivity index (χ3n) is 6.31. The summed E-state index contributed by atoms with van der Waals surface area (Å²) in [6, 6.07) is 8.56. The van der Waals surface area contributed by atoms with Gasteiger partial charge in [0.15, 0.2) is 0 Å². The molecule has 4 rings (SSSR count). The Hall–Kier alpha value is -1.44. The summed E-state index contributed by atoms with van der Waals surface area (Å²) in [5.74, 6) is 0.948. The lowest BCUT2D eigenvalue weighted by atomic mass is 9.93. The van der Waals surface area contributed by atoms with Gasteiger partial charge in [-0.1, -0.05) is 12.5 Å². The van der Waals surface area contributed by atoms with E-state index in [-0.39, 0.29) is 0 Å². The number of ether oxygens (including phenoxy) is 1. The van der Waals surface area contributed by atoms with Crippen LogP contribution in [-0.2, 0) is 25.2 Å². The lowest BCUT2D eigenvalue weighted by Crippen LogP contribution is -2.34. The number of thiophene rings is 1. The summed E-state index contributed by atoms with van der Waals surface area (Å²) in [4.78, 5) is 8.50. The fourth-order valence-corrected chi connectivity index (χ4v) is 5.74. The Bertz CT molecular complexity index is 858. The van der Waals surface area contributed by atoms with Crippen LogP contribution in [0.4, 0.5) is 0 Å². The SMILES string of the molecule is CN(C)CC(C)(O)c1ccc2c(c1)CN(Cc1cc(CN3CCCCC3)cs1)CCO2. The van der Waals surface area contributed by atoms with Gasteiger partial charge in [0.25, 0.3) is 0 Å². The van der Waals surface area contributed by atoms with Gasteiger partial charge in [-0.25, -0.2) is 0 Å². The fourth-order valence-electron chi connectivity index (χ4n) is 4.81. The minimum atomic E-state index is -0.882. The molecule has 3 heterocycles. The minimum absolute atomic E-state index is 0.589. The van der Waals surface area contributed by atoms with Crippen molar-refractivity contribution in [3.8, 4) is 5.75 Å². The Morgan fingerprint density at radius 3 is 2.65 bits per heavy atom. The first-order chi connectivity index (χ1) is 14.9. The van der Waals surface area contributed by atoms with Crippen molar-refractivity contribution in [2.45, 2.75) is 51.4 Å². The molecule has 6 heteroatoms. The molecule has 1 saturated heterocycles. The van der Waals surface area contributed by atoms with Crippen LogP contribution in [0.5, 0.6) is 5.75 Å². The molecule has 2 aliphatic heterocycles. The van der Waals surface area contributed by atoms with Gasteiger partial charge >= 0.3 is 0 Å². The van der Waals surface area contributed by atoms with Gasteiger partial charge in [-0.3, -0.25) is 9.80 Å². The summed E-state index contributed by atoms with van der Waals surface area (Å²) in [6.45, 7) is 9.46. The van der Waals surface area contributed by atoms with E-state index in [1.165, 1.54) is 48.4 Å². The van der Waals surface area contributed by atoms with E-state index < -0.39 is 5.60 Å². The van der Waals surface area contributed by atoms with Gasteiger partial charge in [0.05, 0.1) is 5.60 Å². The van der Waals surface area contributed by atoms with E-state index in [0.29, 0.717) is 13.2 Å². The van der Waals surface area contributed by atoms with Crippen molar-refractivity contribution in [2.24, 2.45) is 0 Å². The molecule has 5 nitrogen and oxygen atoms in total. The molecule has 2 aliphatic rings. The Labute approximate surface area is 191 Å². The number of likely N-dealkylation sites (tertiary alicyclic amines) is 1. The minimum Gasteiger partial charge on any atom is -0.492 e. The summed E-state index contributed by atoms with van der Waals surface area (Å²) >= 11 is 1.88. The van der Waals surface area contributed by atoms with Crippen molar-refractivity contribution >= 4 is 11.3 Å². The predicted octanol–water partition coefficient (Wildman–Crippen LogP) is 3.90. The lowest BCUT2D eigenvalue weighted by Gasteiger charge is -2.28. The second kappa shape index (κ2) is 10.0. The van der Waals surface area contributed by atoms with E-state index in [4.69, 9.17) is 4.74 Å². The molecule has 31 heavy (non-hydrogen) atoms. The van der Waals surface area contributed by atoms with E-state index in [2.05, 4.69) is 27.3 Å². The zero-order chi connectivity index (χ0) is 21.8. The molecule has 0 aliphatic carbocycles. The third kappa shape index (κ3) is 6.08. The van der Waals surface area contributed by atoms with Crippen LogP contribution in [0.3, 0.4) is 0 Å². The van der Waals surface area contributed by atoms with E-state index >= 15 is 0 Å². The fraction of sp³-hybridized carbons (Fsp3) is 0.600. The number of benzene rings is 1. The largest absolute Gasteiger partial charge is 0.492 e. The molecule has 0 saturated carbocycles. The average molecular weight is 444 g/mol. The standard InChI is InChI=1S/C25H37N3O2S/c1-25(29,19-26(2)3)22-7-8-24-21(14-22)16-28(11-12-30-24)17-23-13-20(18-31-23)15-27-9-5-4-6-10-27/h7-8,13-14,18,29H,4-6,9-12,15-17,19H2,1-3H3. The van der Waals surface area contributed by atoms with Gasteiger partial charge in [-0.2, -0.15) is 0 Å². The molecule has 1 N–H and O–H groups in total. The van der Waals surface area contributed by atoms with Crippen LogP contribution in [0.2, 0.25) is 0 Å². The maximum Gasteiger partial charge on any atom is 0.123 e. The van der Waals surface area contributed by atoms with Crippen LogP contribution in [0.15, 0.2) is 29.6 Å². The number of aliphatic hydroxyl groups is 1. The van der Waals surface area contributed by atoms with Crippen LogP contribution >= 0.6 is 11.3 Å². The van der Waals surface area contributed by atoms with Gasteiger partial charge < -0.3 is 14.7 Å². The molecule has 1 unspecified atom stereocenters. The van der Waals surface area contributed by atoms with Crippen molar-refractivity contribution in [1.82, 2.24) is 14.7 Å². The molecule has 0 spiro atoms. The average Bonchev–Trinajstić information content (AvgIpc) is 3.04. The second-order valence-corrected chi connectivity index (χ2v) is 10.6. The number of nitrogens with zero attached hydrogens (tertiary/aromatic N) is 3. The third-order valence-corrected chi connectivity index (χ3v) is 7.28. The maximum atomic E-state index is 11.0. The van der Waals surface area contributed by atoms with Crippen molar-refractivity contribution in [3.63, 3.8) is 0 Å². The molecular weight excluding hydrogens is 406 g/mol. The molecule has 1 aromatic carbocycles. The molecule has 0 bridgehead atoms. The lowest BCUT2D eigenvalue weighted by molar-refractivity contribution is 0.0299. The zero-order valence-corrected chi connectivity index (χ0v) is 20.1. The van der Waals surface area contributed by atoms with E-state index in [9.17, 15) is 5.11 Å². The predicted molar refractivity (Wildman–Crippen MR) is 128 cm³/mol. The number of fused-ring (bicyclic) bond motifs is 1. The first-order valence-corrected chi connectivity index (χ1v) is 12.4. The van der Waals surface area contributed by atoms with E-state index in [1.807, 2.05) is 49.4 Å². The Morgan fingerprint density at radius 1 is 1.06 bits per heavy atom.